The van der Waals surface area contributed by atoms with Gasteiger partial charge in [0.1, 0.15) is 0 Å². The molecular formula is C3H6OPb. The van der Waals surface area contributed by atoms with Crippen molar-refractivity contribution in [3.8, 4) is 0 Å². The minimum atomic E-state index is 0. The zero-order valence-corrected chi connectivity index (χ0v) is 7.08. The fourth-order valence-electron chi connectivity index (χ4n) is 0.0962. The van der Waals surface area contributed by atoms with Crippen LogP contribution in [-0.2, 0) is 4.74 Å². The van der Waals surface area contributed by atoms with Gasteiger partial charge in [0.05, 0.1) is 12.7 Å². The third-order valence-corrected chi connectivity index (χ3v) is 0.500. The molecule has 1 aliphatic heterocycles. The summed E-state index contributed by atoms with van der Waals surface area (Å²) in [6, 6.07) is 0. The monoisotopic (exact) mass is 266 g/mol. The summed E-state index contributed by atoms with van der Waals surface area (Å²) in [5, 5.41) is 0. The van der Waals surface area contributed by atoms with Crippen LogP contribution >= 0.6 is 0 Å². The van der Waals surface area contributed by atoms with Crippen LogP contribution in [0.5, 0.6) is 0 Å². The van der Waals surface area contributed by atoms with Crippen LogP contribution in [0.25, 0.3) is 0 Å². The molecule has 5 heavy (non-hydrogen) atoms. The maximum Gasteiger partial charge on any atom is 0.0781 e. The van der Waals surface area contributed by atoms with E-state index in [0.29, 0.717) is 6.10 Å². The molecule has 0 bridgehead atoms. The summed E-state index contributed by atoms with van der Waals surface area (Å²) in [5.41, 5.74) is 0. The van der Waals surface area contributed by atoms with Crippen molar-refractivity contribution < 1.29 is 4.74 Å². The van der Waals surface area contributed by atoms with Gasteiger partial charge in [-0.15, -0.1) is 0 Å². The first-order chi connectivity index (χ1) is 1.89. The van der Waals surface area contributed by atoms with Crippen LogP contribution < -0.4 is 0 Å². The molecule has 1 aliphatic rings. The normalized spacial score (nSPS) is 31.8. The molecule has 0 aromatic carbocycles. The van der Waals surface area contributed by atoms with Crippen molar-refractivity contribution in [1.82, 2.24) is 0 Å². The third kappa shape index (κ3) is 2.69. The average molecular weight is 265 g/mol. The van der Waals surface area contributed by atoms with Crippen molar-refractivity contribution in [3.63, 3.8) is 0 Å². The first kappa shape index (κ1) is 5.88. The number of hydrogen-bond donors (Lipinski definition) is 0. The molecule has 2 heteroatoms. The van der Waals surface area contributed by atoms with Crippen molar-refractivity contribution in [1.29, 1.82) is 0 Å². The first-order valence-corrected chi connectivity index (χ1v) is 1.51. The number of hydrogen-bond acceptors (Lipinski definition) is 1. The Labute approximate surface area is 51.9 Å². The molecule has 4 radical (unpaired) electrons. The van der Waals surface area contributed by atoms with E-state index in [1.54, 1.807) is 0 Å². The minimum Gasteiger partial charge on any atom is -0.373 e. The van der Waals surface area contributed by atoms with Gasteiger partial charge in [-0.25, -0.2) is 0 Å². The molecule has 1 rings (SSSR count). The molecule has 0 aromatic heterocycles. The second kappa shape index (κ2) is 2.13. The van der Waals surface area contributed by atoms with Gasteiger partial charge in [0, 0.05) is 27.3 Å². The quantitative estimate of drug-likeness (QED) is 0.444. The molecular weight excluding hydrogens is 259 g/mol. The van der Waals surface area contributed by atoms with E-state index in [4.69, 9.17) is 4.74 Å². The molecule has 28 valence electrons. The van der Waals surface area contributed by atoms with Crippen LogP contribution in [0.2, 0.25) is 0 Å². The molecule has 0 spiro atoms. The molecule has 1 fully saturated rings. The summed E-state index contributed by atoms with van der Waals surface area (Å²) in [7, 11) is 0. The standard InChI is InChI=1S/C3H6O.Pb/c1-3-2-4-3;/h3H,2H2,1H3;. The molecule has 0 N–H and O–H groups in total. The van der Waals surface area contributed by atoms with E-state index in [9.17, 15) is 0 Å². The average Bonchev–Trinajstić information content (AvgIpc) is 1.75. The Kier molecular flexibility index (Phi) is 2.50. The van der Waals surface area contributed by atoms with Gasteiger partial charge in [0.15, 0.2) is 0 Å². The topological polar surface area (TPSA) is 12.5 Å². The van der Waals surface area contributed by atoms with E-state index in [1.165, 1.54) is 0 Å². The minimum absolute atomic E-state index is 0. The molecule has 1 atom stereocenters. The van der Waals surface area contributed by atoms with Crippen LogP contribution in [0.4, 0.5) is 0 Å². The van der Waals surface area contributed by atoms with Crippen LogP contribution in [0.1, 0.15) is 6.92 Å². The molecule has 1 unspecified atom stereocenters. The Bertz CT molecular complexity index is 26.1. The Morgan fingerprint density at radius 2 is 2.00 bits per heavy atom. The van der Waals surface area contributed by atoms with Gasteiger partial charge in [0.25, 0.3) is 0 Å². The Morgan fingerprint density at radius 3 is 2.00 bits per heavy atom. The predicted molar refractivity (Wildman–Crippen MR) is 21.2 cm³/mol. The molecule has 0 saturated carbocycles. The van der Waals surface area contributed by atoms with E-state index in [-0.39, 0.29) is 27.3 Å². The van der Waals surface area contributed by atoms with Crippen LogP contribution in [0, 0.1) is 0 Å². The smallest absolute Gasteiger partial charge is 0.0781 e. The molecule has 0 amide bonds. The summed E-state index contributed by atoms with van der Waals surface area (Å²) in [6.45, 7) is 3.04. The van der Waals surface area contributed by atoms with Gasteiger partial charge in [-0.2, -0.15) is 0 Å². The molecule has 0 aliphatic carbocycles. The third-order valence-electron chi connectivity index (χ3n) is 0.500. The maximum absolute atomic E-state index is 4.71. The van der Waals surface area contributed by atoms with Crippen LogP contribution in [0.15, 0.2) is 0 Å². The zero-order valence-electron chi connectivity index (χ0n) is 3.19. The summed E-state index contributed by atoms with van der Waals surface area (Å²) >= 11 is 0. The largest absolute Gasteiger partial charge is 0.373 e. The summed E-state index contributed by atoms with van der Waals surface area (Å²) in [4.78, 5) is 0. The first-order valence-electron chi connectivity index (χ1n) is 1.51. The van der Waals surface area contributed by atoms with Crippen molar-refractivity contribution >= 4 is 27.3 Å². The Morgan fingerprint density at radius 1 is 1.80 bits per heavy atom. The molecule has 1 saturated heterocycles. The van der Waals surface area contributed by atoms with Gasteiger partial charge in [-0.1, -0.05) is 0 Å². The van der Waals surface area contributed by atoms with E-state index in [1.807, 2.05) is 0 Å². The molecule has 0 aromatic rings. The maximum atomic E-state index is 4.71. The number of epoxide rings is 1. The van der Waals surface area contributed by atoms with E-state index in [0.717, 1.165) is 6.61 Å². The Balaban J connectivity index is 0.000000160. The van der Waals surface area contributed by atoms with Gasteiger partial charge in [-0.05, 0) is 6.92 Å². The number of rotatable bonds is 0. The molecule has 1 nitrogen and oxygen atoms in total. The fraction of sp³-hybridized carbons (Fsp3) is 1.00. The van der Waals surface area contributed by atoms with Crippen molar-refractivity contribution in [2.45, 2.75) is 13.0 Å². The van der Waals surface area contributed by atoms with Crippen LogP contribution in [-0.4, -0.2) is 40.0 Å². The van der Waals surface area contributed by atoms with E-state index in [2.05, 4.69) is 6.92 Å². The zero-order chi connectivity index (χ0) is 2.99. The second-order valence-electron chi connectivity index (χ2n) is 1.14. The van der Waals surface area contributed by atoms with Gasteiger partial charge < -0.3 is 4.74 Å². The predicted octanol–water partition coefficient (Wildman–Crippen LogP) is 0.0243. The van der Waals surface area contributed by atoms with Gasteiger partial charge in [0.2, 0.25) is 0 Å². The van der Waals surface area contributed by atoms with E-state index < -0.39 is 0 Å². The van der Waals surface area contributed by atoms with Gasteiger partial charge in [-0.3, -0.25) is 0 Å². The van der Waals surface area contributed by atoms with Crippen molar-refractivity contribution in [2.75, 3.05) is 6.61 Å². The van der Waals surface area contributed by atoms with Crippen LogP contribution in [0.3, 0.4) is 0 Å². The summed E-state index contributed by atoms with van der Waals surface area (Å²) < 4.78 is 4.71. The van der Waals surface area contributed by atoms with Gasteiger partial charge >= 0.3 is 0 Å². The fourth-order valence-corrected chi connectivity index (χ4v) is 0.0962. The second-order valence-corrected chi connectivity index (χ2v) is 1.14. The summed E-state index contributed by atoms with van der Waals surface area (Å²) in [5.74, 6) is 0. The summed E-state index contributed by atoms with van der Waals surface area (Å²) in [6.07, 6.45) is 0.583. The number of ether oxygens (including phenoxy) is 1. The van der Waals surface area contributed by atoms with Crippen molar-refractivity contribution in [3.05, 3.63) is 0 Å². The van der Waals surface area contributed by atoms with Crippen molar-refractivity contribution in [2.24, 2.45) is 0 Å². The Hall–Kier alpha value is 0.882. The SMILES string of the molecule is CC1CO1.[Pb]. The van der Waals surface area contributed by atoms with E-state index >= 15 is 0 Å². The molecule has 1 heterocycles.